The van der Waals surface area contributed by atoms with Crippen LogP contribution in [-0.2, 0) is 19.1 Å². The molecule has 2 saturated heterocycles. The molecule has 38 heavy (non-hydrogen) atoms. The molecule has 3 heterocycles. The van der Waals surface area contributed by atoms with Crippen molar-refractivity contribution in [3.63, 3.8) is 0 Å². The van der Waals surface area contributed by atoms with Crippen molar-refractivity contribution in [3.05, 3.63) is 66.6 Å². The van der Waals surface area contributed by atoms with Gasteiger partial charge in [-0.2, -0.15) is 0 Å². The number of carbonyl (C=O) groups is 2. The third-order valence-corrected chi connectivity index (χ3v) is 11.6. The molecule has 1 aromatic heterocycles. The van der Waals surface area contributed by atoms with Crippen LogP contribution in [-0.4, -0.2) is 29.6 Å². The Labute approximate surface area is 223 Å². The SMILES string of the molecule is CC1(C)C(=O)C=CC2(C)C1CC(Oc1ccccc1)C1(C)C2CCC2(C)C(c3ccoc3)OC(=O)C3OC321. The fourth-order valence-electron chi connectivity index (χ4n) is 9.66. The minimum absolute atomic E-state index is 0.0949. The summed E-state index contributed by atoms with van der Waals surface area (Å²) in [5, 5.41) is 0. The highest BCUT2D eigenvalue weighted by Gasteiger charge is 2.88. The van der Waals surface area contributed by atoms with Crippen LogP contribution >= 0.6 is 0 Å². The van der Waals surface area contributed by atoms with E-state index >= 15 is 0 Å². The van der Waals surface area contributed by atoms with Crippen molar-refractivity contribution in [2.75, 3.05) is 0 Å². The van der Waals surface area contributed by atoms with Crippen molar-refractivity contribution in [2.24, 2.45) is 33.5 Å². The van der Waals surface area contributed by atoms with Gasteiger partial charge in [-0.05, 0) is 60.8 Å². The van der Waals surface area contributed by atoms with Crippen molar-refractivity contribution >= 4 is 11.8 Å². The van der Waals surface area contributed by atoms with E-state index in [1.54, 1.807) is 18.6 Å². The predicted molar refractivity (Wildman–Crippen MR) is 139 cm³/mol. The van der Waals surface area contributed by atoms with Gasteiger partial charge in [0.2, 0.25) is 0 Å². The average Bonchev–Trinajstić information content (AvgIpc) is 3.46. The number of furan rings is 1. The zero-order chi connectivity index (χ0) is 26.7. The summed E-state index contributed by atoms with van der Waals surface area (Å²) in [5.41, 5.74) is -1.65. The Bertz CT molecular complexity index is 1330. The van der Waals surface area contributed by atoms with Crippen LogP contribution in [0.5, 0.6) is 5.75 Å². The minimum atomic E-state index is -0.757. The predicted octanol–water partition coefficient (Wildman–Crippen LogP) is 6.08. The molecule has 4 fully saturated rings. The smallest absolute Gasteiger partial charge is 0.339 e. The molecule has 9 atom stereocenters. The number of allylic oxidation sites excluding steroid dienone is 2. The Morgan fingerprint density at radius 1 is 0.947 bits per heavy atom. The summed E-state index contributed by atoms with van der Waals surface area (Å²) in [6.07, 6.45) is 8.36. The first-order valence-corrected chi connectivity index (χ1v) is 13.9. The molecule has 200 valence electrons. The summed E-state index contributed by atoms with van der Waals surface area (Å²) < 4.78 is 25.1. The summed E-state index contributed by atoms with van der Waals surface area (Å²) in [6.45, 7) is 11.0. The number of hydrogen-bond acceptors (Lipinski definition) is 6. The number of ether oxygens (including phenoxy) is 3. The number of fused-ring (bicyclic) bond motifs is 3. The molecule has 0 bridgehead atoms. The highest BCUT2D eigenvalue weighted by Crippen LogP contribution is 2.79. The van der Waals surface area contributed by atoms with Gasteiger partial charge in [-0.3, -0.25) is 4.79 Å². The van der Waals surface area contributed by atoms with Gasteiger partial charge in [-0.25, -0.2) is 4.79 Å². The van der Waals surface area contributed by atoms with Crippen molar-refractivity contribution in [3.8, 4) is 5.75 Å². The van der Waals surface area contributed by atoms with Gasteiger partial charge in [0.1, 0.15) is 23.6 Å². The lowest BCUT2D eigenvalue weighted by molar-refractivity contribution is -0.241. The molecule has 9 unspecified atom stereocenters. The molecule has 6 nitrogen and oxygen atoms in total. The molecule has 2 saturated carbocycles. The van der Waals surface area contributed by atoms with E-state index in [4.69, 9.17) is 18.6 Å². The quantitative estimate of drug-likeness (QED) is 0.364. The van der Waals surface area contributed by atoms with E-state index in [1.165, 1.54) is 0 Å². The van der Waals surface area contributed by atoms with Gasteiger partial charge in [0.05, 0.1) is 12.5 Å². The van der Waals surface area contributed by atoms with E-state index in [0.717, 1.165) is 24.2 Å². The molecular weight excluding hydrogens is 480 g/mol. The second-order valence-electron chi connectivity index (χ2n) is 13.4. The normalized spacial score (nSPS) is 46.2. The highest BCUT2D eigenvalue weighted by molar-refractivity contribution is 5.95. The Kier molecular flexibility index (Phi) is 4.72. The average molecular weight is 517 g/mol. The van der Waals surface area contributed by atoms with Gasteiger partial charge in [0.25, 0.3) is 0 Å². The van der Waals surface area contributed by atoms with Gasteiger partial charge < -0.3 is 18.6 Å². The monoisotopic (exact) mass is 516 g/mol. The van der Waals surface area contributed by atoms with Gasteiger partial charge >= 0.3 is 5.97 Å². The van der Waals surface area contributed by atoms with Gasteiger partial charge in [0.15, 0.2) is 11.9 Å². The molecule has 2 aromatic rings. The van der Waals surface area contributed by atoms with Crippen LogP contribution in [0.3, 0.4) is 0 Å². The topological polar surface area (TPSA) is 78.3 Å². The van der Waals surface area contributed by atoms with Crippen molar-refractivity contribution in [1.29, 1.82) is 0 Å². The number of rotatable bonds is 3. The second kappa shape index (κ2) is 7.41. The van der Waals surface area contributed by atoms with Crippen molar-refractivity contribution < 1.29 is 28.2 Å². The number of hydrogen-bond donors (Lipinski definition) is 0. The lowest BCUT2D eigenvalue weighted by atomic mass is 9.35. The third kappa shape index (κ3) is 2.67. The number of esters is 1. The molecule has 1 spiro atoms. The van der Waals surface area contributed by atoms with Crippen molar-refractivity contribution in [1.82, 2.24) is 0 Å². The molecular formula is C32H36O6. The number of para-hydroxylation sites is 1. The Morgan fingerprint density at radius 2 is 1.71 bits per heavy atom. The lowest BCUT2D eigenvalue weighted by Crippen LogP contribution is -2.73. The van der Waals surface area contributed by atoms with Crippen LogP contribution in [0.25, 0.3) is 0 Å². The minimum Gasteiger partial charge on any atom is -0.490 e. The molecule has 6 heteroatoms. The number of benzene rings is 1. The number of cyclic esters (lactones) is 1. The molecule has 7 rings (SSSR count). The lowest BCUT2D eigenvalue weighted by Gasteiger charge is -2.68. The number of carbonyl (C=O) groups excluding carboxylic acids is 2. The largest absolute Gasteiger partial charge is 0.490 e. The van der Waals surface area contributed by atoms with Crippen LogP contribution in [0.4, 0.5) is 0 Å². The van der Waals surface area contributed by atoms with Crippen LogP contribution in [0.15, 0.2) is 65.5 Å². The maximum atomic E-state index is 13.4. The van der Waals surface area contributed by atoms with Crippen LogP contribution in [0.1, 0.15) is 65.5 Å². The van der Waals surface area contributed by atoms with E-state index in [-0.39, 0.29) is 35.1 Å². The van der Waals surface area contributed by atoms with E-state index in [2.05, 4.69) is 40.7 Å². The van der Waals surface area contributed by atoms with E-state index in [1.807, 2.05) is 36.4 Å². The summed E-state index contributed by atoms with van der Waals surface area (Å²) in [4.78, 5) is 26.6. The van der Waals surface area contributed by atoms with E-state index < -0.39 is 34.1 Å². The third-order valence-electron chi connectivity index (χ3n) is 11.6. The van der Waals surface area contributed by atoms with Gasteiger partial charge in [-0.1, -0.05) is 58.9 Å². The fraction of sp³-hybridized carbons (Fsp3) is 0.562. The summed E-state index contributed by atoms with van der Waals surface area (Å²) in [5.74, 6) is 0.887. The molecule has 0 N–H and O–H groups in total. The van der Waals surface area contributed by atoms with E-state index in [0.29, 0.717) is 6.42 Å². The first-order chi connectivity index (χ1) is 18.0. The standard InChI is InChI=1S/C32H36O6/c1-28(2)22-17-24(36-20-9-7-6-8-10-20)31(5)21(29(22,3)14-12-23(28)33)11-15-30(4)25(19-13-16-35-18-19)37-27(34)26-32(30,31)38-26/h6-10,12-14,16,18,21-22,24-26H,11,15,17H2,1-5H3. The van der Waals surface area contributed by atoms with E-state index in [9.17, 15) is 9.59 Å². The Morgan fingerprint density at radius 3 is 2.42 bits per heavy atom. The number of epoxide rings is 1. The second-order valence-corrected chi connectivity index (χ2v) is 13.4. The van der Waals surface area contributed by atoms with Crippen LogP contribution in [0.2, 0.25) is 0 Å². The molecule has 0 amide bonds. The molecule has 2 aliphatic heterocycles. The fourth-order valence-corrected chi connectivity index (χ4v) is 9.66. The molecule has 1 aromatic carbocycles. The maximum absolute atomic E-state index is 13.4. The maximum Gasteiger partial charge on any atom is 0.339 e. The van der Waals surface area contributed by atoms with Crippen LogP contribution < -0.4 is 4.74 Å². The first kappa shape index (κ1) is 24.2. The molecule has 0 radical (unpaired) electrons. The van der Waals surface area contributed by atoms with Crippen molar-refractivity contribution in [2.45, 2.75) is 77.8 Å². The molecule has 3 aliphatic carbocycles. The zero-order valence-corrected chi connectivity index (χ0v) is 22.7. The number of ketones is 1. The first-order valence-electron chi connectivity index (χ1n) is 13.9. The summed E-state index contributed by atoms with van der Waals surface area (Å²) in [6, 6.07) is 11.8. The Hall–Kier alpha value is -2.86. The van der Waals surface area contributed by atoms with Gasteiger partial charge in [-0.15, -0.1) is 0 Å². The van der Waals surface area contributed by atoms with Crippen LogP contribution in [0, 0.1) is 33.5 Å². The zero-order valence-electron chi connectivity index (χ0n) is 22.7. The van der Waals surface area contributed by atoms with Gasteiger partial charge in [0, 0.05) is 21.8 Å². The molecule has 5 aliphatic rings. The summed E-state index contributed by atoms with van der Waals surface area (Å²) in [7, 11) is 0. The Balaban J connectivity index is 1.42. The summed E-state index contributed by atoms with van der Waals surface area (Å²) >= 11 is 0. The highest BCUT2D eigenvalue weighted by atomic mass is 16.7.